The molecule has 5 rings (SSSR count). The van der Waals surface area contributed by atoms with Crippen LogP contribution in [-0.2, 0) is 13.0 Å². The van der Waals surface area contributed by atoms with Gasteiger partial charge in [0.15, 0.2) is 16.5 Å². The van der Waals surface area contributed by atoms with Gasteiger partial charge in [0.25, 0.3) is 5.91 Å². The van der Waals surface area contributed by atoms with E-state index in [2.05, 4.69) is 10.2 Å². The van der Waals surface area contributed by atoms with Gasteiger partial charge in [0, 0.05) is 32.3 Å². The average Bonchev–Trinajstić information content (AvgIpc) is 3.44. The lowest BCUT2D eigenvalue weighted by molar-refractivity contribution is 0.0688. The average molecular weight is 426 g/mol. The number of hydrogen-bond donors (Lipinski definition) is 1. The number of hydrogen-bond acceptors (Lipinski definition) is 6. The first-order chi connectivity index (χ1) is 14.5. The van der Waals surface area contributed by atoms with Crippen molar-refractivity contribution < 1.29 is 14.3 Å². The molecule has 1 fully saturated rings. The maximum Gasteiger partial charge on any atom is 0.274 e. The summed E-state index contributed by atoms with van der Waals surface area (Å²) in [4.78, 5) is 27.3. The standard InChI is InChI=1S/C21H19FN4O3S/c22-14-5-3-12(4-6-14)9-16-23-24-20(30-16)15-11-25-7-8-26(10-13-1-2-13)21(29)17(25)19(28)18(15)27/h3-6,11,13,28H,1-2,7-10H2. The normalized spacial score (nSPS) is 16.0. The fourth-order valence-corrected chi connectivity index (χ4v) is 4.56. The van der Waals surface area contributed by atoms with Crippen LogP contribution < -0.4 is 5.43 Å². The summed E-state index contributed by atoms with van der Waals surface area (Å²) < 4.78 is 14.7. The second-order valence-corrected chi connectivity index (χ2v) is 8.82. The summed E-state index contributed by atoms with van der Waals surface area (Å²) in [5.41, 5.74) is 0.534. The molecule has 1 amide bonds. The molecule has 1 N–H and O–H groups in total. The molecule has 1 saturated carbocycles. The van der Waals surface area contributed by atoms with Crippen LogP contribution in [0, 0.1) is 11.7 Å². The van der Waals surface area contributed by atoms with Crippen molar-refractivity contribution in [2.45, 2.75) is 25.8 Å². The topological polar surface area (TPSA) is 88.3 Å². The zero-order valence-electron chi connectivity index (χ0n) is 16.0. The fourth-order valence-electron chi connectivity index (χ4n) is 3.68. The molecular weight excluding hydrogens is 407 g/mol. The molecule has 1 aliphatic heterocycles. The highest BCUT2D eigenvalue weighted by molar-refractivity contribution is 7.14. The quantitative estimate of drug-likeness (QED) is 0.678. The van der Waals surface area contributed by atoms with Crippen molar-refractivity contribution in [3.05, 3.63) is 62.8 Å². The van der Waals surface area contributed by atoms with Crippen molar-refractivity contribution in [3.8, 4) is 16.3 Å². The van der Waals surface area contributed by atoms with E-state index in [4.69, 9.17) is 0 Å². The number of aromatic nitrogens is 3. The molecule has 0 atom stereocenters. The van der Waals surface area contributed by atoms with Crippen LogP contribution in [0.3, 0.4) is 0 Å². The monoisotopic (exact) mass is 426 g/mol. The Labute approximate surface area is 175 Å². The zero-order valence-corrected chi connectivity index (χ0v) is 16.9. The third kappa shape index (κ3) is 3.49. The molecule has 2 aliphatic rings. The van der Waals surface area contributed by atoms with Gasteiger partial charge >= 0.3 is 0 Å². The Kier molecular flexibility index (Phi) is 4.62. The van der Waals surface area contributed by atoms with Crippen LogP contribution in [-0.4, -0.2) is 43.8 Å². The van der Waals surface area contributed by atoms with E-state index in [1.807, 2.05) is 0 Å². The summed E-state index contributed by atoms with van der Waals surface area (Å²) in [7, 11) is 0. The van der Waals surface area contributed by atoms with Crippen LogP contribution in [0.15, 0.2) is 35.3 Å². The Bertz CT molecular complexity index is 1180. The molecule has 0 bridgehead atoms. The second kappa shape index (κ2) is 7.32. The van der Waals surface area contributed by atoms with Gasteiger partial charge in [-0.3, -0.25) is 9.59 Å². The largest absolute Gasteiger partial charge is 0.503 e. The minimum atomic E-state index is -0.618. The number of aromatic hydroxyl groups is 1. The summed E-state index contributed by atoms with van der Waals surface area (Å²) in [5, 5.41) is 19.8. The van der Waals surface area contributed by atoms with Gasteiger partial charge < -0.3 is 14.6 Å². The summed E-state index contributed by atoms with van der Waals surface area (Å²) in [6.07, 6.45) is 4.30. The SMILES string of the molecule is O=C1c2c(O)c(=O)c(-c3nnc(Cc4ccc(F)cc4)s3)cn2CCN1CC1CC1. The Morgan fingerprint density at radius 3 is 2.63 bits per heavy atom. The first-order valence-electron chi connectivity index (χ1n) is 9.82. The fraction of sp³-hybridized carbons (Fsp3) is 0.333. The molecule has 3 aromatic rings. The highest BCUT2D eigenvalue weighted by atomic mass is 32.1. The summed E-state index contributed by atoms with van der Waals surface area (Å²) in [5.74, 6) is -0.606. The van der Waals surface area contributed by atoms with Crippen LogP contribution in [0.1, 0.15) is 33.9 Å². The van der Waals surface area contributed by atoms with Crippen LogP contribution in [0.2, 0.25) is 0 Å². The van der Waals surface area contributed by atoms with E-state index in [0.29, 0.717) is 42.0 Å². The Morgan fingerprint density at radius 2 is 1.90 bits per heavy atom. The van der Waals surface area contributed by atoms with Crippen molar-refractivity contribution in [1.82, 2.24) is 19.7 Å². The first-order valence-corrected chi connectivity index (χ1v) is 10.6. The lowest BCUT2D eigenvalue weighted by Gasteiger charge is -2.30. The van der Waals surface area contributed by atoms with Gasteiger partial charge in [-0.15, -0.1) is 10.2 Å². The molecule has 1 aliphatic carbocycles. The molecule has 0 spiro atoms. The zero-order chi connectivity index (χ0) is 20.8. The maximum atomic E-state index is 13.1. The Balaban J connectivity index is 1.44. The van der Waals surface area contributed by atoms with E-state index >= 15 is 0 Å². The summed E-state index contributed by atoms with van der Waals surface area (Å²) in [6, 6.07) is 6.12. The minimum Gasteiger partial charge on any atom is -0.503 e. The molecule has 0 unspecified atom stereocenters. The van der Waals surface area contributed by atoms with Crippen molar-refractivity contribution >= 4 is 17.2 Å². The maximum absolute atomic E-state index is 13.1. The van der Waals surface area contributed by atoms with Gasteiger partial charge in [0.1, 0.15) is 10.8 Å². The highest BCUT2D eigenvalue weighted by Gasteiger charge is 2.33. The third-order valence-corrected chi connectivity index (χ3v) is 6.45. The number of nitrogens with zero attached hydrogens (tertiary/aromatic N) is 4. The molecule has 9 heteroatoms. The molecule has 3 heterocycles. The number of fused-ring (bicyclic) bond motifs is 1. The molecule has 0 radical (unpaired) electrons. The van der Waals surface area contributed by atoms with Crippen molar-refractivity contribution in [2.75, 3.05) is 13.1 Å². The van der Waals surface area contributed by atoms with Crippen LogP contribution in [0.4, 0.5) is 4.39 Å². The Hall–Kier alpha value is -3.07. The summed E-state index contributed by atoms with van der Waals surface area (Å²) >= 11 is 1.24. The van der Waals surface area contributed by atoms with E-state index in [1.54, 1.807) is 27.8 Å². The first kappa shape index (κ1) is 18.9. The van der Waals surface area contributed by atoms with Crippen LogP contribution >= 0.6 is 11.3 Å². The van der Waals surface area contributed by atoms with Crippen LogP contribution in [0.5, 0.6) is 5.75 Å². The van der Waals surface area contributed by atoms with Gasteiger partial charge in [-0.25, -0.2) is 4.39 Å². The number of carbonyl (C=O) groups excluding carboxylic acids is 1. The van der Waals surface area contributed by atoms with E-state index in [9.17, 15) is 19.1 Å². The number of amides is 1. The number of halogens is 1. The van der Waals surface area contributed by atoms with Gasteiger partial charge in [-0.05, 0) is 36.5 Å². The summed E-state index contributed by atoms with van der Waals surface area (Å²) in [6.45, 7) is 1.74. The molecule has 0 saturated heterocycles. The molecule has 1 aromatic carbocycles. The van der Waals surface area contributed by atoms with Gasteiger partial charge in [0.05, 0.1) is 5.56 Å². The smallest absolute Gasteiger partial charge is 0.274 e. The molecule has 2 aromatic heterocycles. The minimum absolute atomic E-state index is 0.0479. The van der Waals surface area contributed by atoms with E-state index in [0.717, 1.165) is 18.4 Å². The van der Waals surface area contributed by atoms with E-state index in [1.165, 1.54) is 23.5 Å². The lowest BCUT2D eigenvalue weighted by atomic mass is 10.1. The highest BCUT2D eigenvalue weighted by Crippen LogP contribution is 2.32. The van der Waals surface area contributed by atoms with Gasteiger partial charge in [-0.2, -0.15) is 0 Å². The molecule has 30 heavy (non-hydrogen) atoms. The predicted octanol–water partition coefficient (Wildman–Crippen LogP) is 2.67. The molecule has 154 valence electrons. The lowest BCUT2D eigenvalue weighted by Crippen LogP contribution is -2.42. The third-order valence-electron chi connectivity index (χ3n) is 5.50. The van der Waals surface area contributed by atoms with Crippen molar-refractivity contribution in [3.63, 3.8) is 0 Å². The van der Waals surface area contributed by atoms with E-state index in [-0.39, 0.29) is 23.0 Å². The van der Waals surface area contributed by atoms with Crippen LogP contribution in [0.25, 0.3) is 10.6 Å². The van der Waals surface area contributed by atoms with Gasteiger partial charge in [-0.1, -0.05) is 23.5 Å². The molecular formula is C21H19FN4O3S. The van der Waals surface area contributed by atoms with Gasteiger partial charge in [0.2, 0.25) is 5.43 Å². The number of pyridine rings is 1. The predicted molar refractivity (Wildman–Crippen MR) is 109 cm³/mol. The number of rotatable bonds is 5. The molecule has 7 nitrogen and oxygen atoms in total. The van der Waals surface area contributed by atoms with E-state index < -0.39 is 11.2 Å². The van der Waals surface area contributed by atoms with Crippen molar-refractivity contribution in [2.24, 2.45) is 5.92 Å². The number of carbonyl (C=O) groups is 1. The van der Waals surface area contributed by atoms with Crippen molar-refractivity contribution in [1.29, 1.82) is 0 Å². The Morgan fingerprint density at radius 1 is 1.13 bits per heavy atom. The number of benzene rings is 1. The second-order valence-electron chi connectivity index (χ2n) is 7.76.